The first-order valence-electron chi connectivity index (χ1n) is 4.95. The molecule has 2 N–H and O–H groups in total. The van der Waals surface area contributed by atoms with Gasteiger partial charge < -0.3 is 15.2 Å². The number of rotatable bonds is 3. The Morgan fingerprint density at radius 2 is 1.82 bits per heavy atom. The third-order valence-electron chi connectivity index (χ3n) is 2.97. The topological polar surface area (TPSA) is 44.5 Å². The molecule has 94 valence electrons. The number of hydrogen-bond donors (Lipinski definition) is 1. The summed E-state index contributed by atoms with van der Waals surface area (Å²) in [7, 11) is 2.51. The van der Waals surface area contributed by atoms with Crippen LogP contribution in [0.25, 0.3) is 0 Å². The molecule has 1 aliphatic rings. The molecule has 1 aliphatic carbocycles. The lowest BCUT2D eigenvalue weighted by Gasteiger charge is -2.19. The van der Waals surface area contributed by atoms with E-state index in [0.29, 0.717) is 0 Å². The molecule has 1 atom stereocenters. The SMILES string of the molecule is COc1ccc(F)c(OC)c1C1(N)CC1(F)F. The van der Waals surface area contributed by atoms with Gasteiger partial charge in [0.2, 0.25) is 0 Å². The molecule has 2 rings (SSSR count). The molecule has 1 saturated carbocycles. The summed E-state index contributed by atoms with van der Waals surface area (Å²) in [6, 6.07) is 2.35. The zero-order valence-corrected chi connectivity index (χ0v) is 9.39. The van der Waals surface area contributed by atoms with Gasteiger partial charge in [0.15, 0.2) is 11.6 Å². The van der Waals surface area contributed by atoms with E-state index in [9.17, 15) is 13.2 Å². The molecular weight excluding hydrogens is 235 g/mol. The van der Waals surface area contributed by atoms with Gasteiger partial charge in [-0.3, -0.25) is 0 Å². The molecule has 0 bridgehead atoms. The van der Waals surface area contributed by atoms with Crippen molar-refractivity contribution in [3.05, 3.63) is 23.5 Å². The van der Waals surface area contributed by atoms with E-state index in [0.717, 1.165) is 6.07 Å². The first kappa shape index (κ1) is 12.0. The molecule has 3 nitrogen and oxygen atoms in total. The Kier molecular flexibility index (Phi) is 2.50. The molecule has 1 unspecified atom stereocenters. The van der Waals surface area contributed by atoms with Crippen molar-refractivity contribution in [3.63, 3.8) is 0 Å². The van der Waals surface area contributed by atoms with Crippen molar-refractivity contribution in [3.8, 4) is 11.5 Å². The maximum Gasteiger partial charge on any atom is 0.272 e. The molecule has 0 saturated heterocycles. The third kappa shape index (κ3) is 1.55. The summed E-state index contributed by atoms with van der Waals surface area (Å²) >= 11 is 0. The fourth-order valence-electron chi connectivity index (χ4n) is 1.91. The van der Waals surface area contributed by atoms with Crippen LogP contribution in [0, 0.1) is 5.82 Å². The second-order valence-corrected chi connectivity index (χ2v) is 4.01. The van der Waals surface area contributed by atoms with E-state index in [1.807, 2.05) is 0 Å². The van der Waals surface area contributed by atoms with Gasteiger partial charge in [0.05, 0.1) is 19.8 Å². The molecule has 0 aromatic heterocycles. The van der Waals surface area contributed by atoms with Gasteiger partial charge in [-0.25, -0.2) is 13.2 Å². The number of methoxy groups -OCH3 is 2. The summed E-state index contributed by atoms with van der Waals surface area (Å²) < 4.78 is 49.8. The van der Waals surface area contributed by atoms with Crippen LogP contribution in [0.2, 0.25) is 0 Å². The van der Waals surface area contributed by atoms with Gasteiger partial charge in [0.25, 0.3) is 5.92 Å². The van der Waals surface area contributed by atoms with E-state index in [1.165, 1.54) is 20.3 Å². The van der Waals surface area contributed by atoms with E-state index < -0.39 is 23.7 Å². The van der Waals surface area contributed by atoms with Crippen LogP contribution in [-0.2, 0) is 5.54 Å². The Balaban J connectivity index is 2.63. The summed E-state index contributed by atoms with van der Waals surface area (Å²) in [5, 5.41) is 0. The largest absolute Gasteiger partial charge is 0.496 e. The van der Waals surface area contributed by atoms with Gasteiger partial charge in [0.1, 0.15) is 11.3 Å². The minimum atomic E-state index is -3.07. The normalized spacial score (nSPS) is 25.5. The number of nitrogens with two attached hydrogens (primary N) is 1. The van der Waals surface area contributed by atoms with Crippen molar-refractivity contribution >= 4 is 0 Å². The smallest absolute Gasteiger partial charge is 0.272 e. The molecule has 6 heteroatoms. The molecule has 0 radical (unpaired) electrons. The van der Waals surface area contributed by atoms with Crippen molar-refractivity contribution in [2.75, 3.05) is 14.2 Å². The van der Waals surface area contributed by atoms with Gasteiger partial charge in [-0.05, 0) is 12.1 Å². The molecule has 1 fully saturated rings. The Morgan fingerprint density at radius 1 is 1.24 bits per heavy atom. The maximum absolute atomic E-state index is 13.5. The van der Waals surface area contributed by atoms with Crippen molar-refractivity contribution in [1.82, 2.24) is 0 Å². The van der Waals surface area contributed by atoms with Crippen molar-refractivity contribution in [2.45, 2.75) is 17.9 Å². The molecule has 0 heterocycles. The quantitative estimate of drug-likeness (QED) is 0.888. The molecule has 1 aromatic carbocycles. The Bertz CT molecular complexity index is 464. The summed E-state index contributed by atoms with van der Waals surface area (Å²) in [6.45, 7) is 0. The lowest BCUT2D eigenvalue weighted by Crippen LogP contribution is -2.28. The molecule has 0 aliphatic heterocycles. The average Bonchev–Trinajstić information content (AvgIpc) is 2.78. The zero-order valence-electron chi connectivity index (χ0n) is 9.39. The first-order chi connectivity index (χ1) is 7.87. The second kappa shape index (κ2) is 3.53. The Hall–Kier alpha value is -1.43. The van der Waals surface area contributed by atoms with Crippen LogP contribution in [-0.4, -0.2) is 20.1 Å². The number of ether oxygens (including phenoxy) is 2. The molecule has 1 aromatic rings. The maximum atomic E-state index is 13.5. The second-order valence-electron chi connectivity index (χ2n) is 4.01. The standard InChI is InChI=1S/C11H12F3NO2/c1-16-7-4-3-6(12)9(17-2)8(7)10(15)5-11(10,13)14/h3-4H,5,15H2,1-2H3. The van der Waals surface area contributed by atoms with Crippen molar-refractivity contribution in [1.29, 1.82) is 0 Å². The monoisotopic (exact) mass is 247 g/mol. The van der Waals surface area contributed by atoms with Gasteiger partial charge in [-0.1, -0.05) is 0 Å². The van der Waals surface area contributed by atoms with Gasteiger partial charge in [0, 0.05) is 6.42 Å². The van der Waals surface area contributed by atoms with Crippen LogP contribution in [0.1, 0.15) is 12.0 Å². The van der Waals surface area contributed by atoms with Crippen molar-refractivity contribution < 1.29 is 22.6 Å². The highest BCUT2D eigenvalue weighted by Crippen LogP contribution is 2.61. The lowest BCUT2D eigenvalue weighted by molar-refractivity contribution is 0.0875. The van der Waals surface area contributed by atoms with Gasteiger partial charge in [-0.2, -0.15) is 0 Å². The van der Waals surface area contributed by atoms with E-state index in [-0.39, 0.29) is 17.1 Å². The van der Waals surface area contributed by atoms with Crippen LogP contribution in [0.4, 0.5) is 13.2 Å². The van der Waals surface area contributed by atoms with Crippen LogP contribution >= 0.6 is 0 Å². The minimum absolute atomic E-state index is 0.0999. The summed E-state index contributed by atoms with van der Waals surface area (Å²) in [6.07, 6.45) is -0.545. The first-order valence-corrected chi connectivity index (χ1v) is 4.95. The predicted molar refractivity (Wildman–Crippen MR) is 54.9 cm³/mol. The highest BCUT2D eigenvalue weighted by atomic mass is 19.3. The highest BCUT2D eigenvalue weighted by molar-refractivity contribution is 5.55. The van der Waals surface area contributed by atoms with E-state index in [4.69, 9.17) is 15.2 Å². The zero-order chi connectivity index (χ0) is 12.8. The average molecular weight is 247 g/mol. The minimum Gasteiger partial charge on any atom is -0.496 e. The van der Waals surface area contributed by atoms with Gasteiger partial charge in [-0.15, -0.1) is 0 Å². The van der Waals surface area contributed by atoms with Crippen molar-refractivity contribution in [2.24, 2.45) is 5.73 Å². The van der Waals surface area contributed by atoms with Gasteiger partial charge >= 0.3 is 0 Å². The number of alkyl halides is 2. The van der Waals surface area contributed by atoms with E-state index >= 15 is 0 Å². The Labute approximate surface area is 96.3 Å². The van der Waals surface area contributed by atoms with E-state index in [2.05, 4.69) is 0 Å². The fourth-order valence-corrected chi connectivity index (χ4v) is 1.91. The van der Waals surface area contributed by atoms with Crippen LogP contribution in [0.3, 0.4) is 0 Å². The summed E-state index contributed by atoms with van der Waals surface area (Å²) in [5.74, 6) is -4.00. The Morgan fingerprint density at radius 3 is 2.24 bits per heavy atom. The fraction of sp³-hybridized carbons (Fsp3) is 0.455. The molecule has 17 heavy (non-hydrogen) atoms. The lowest BCUT2D eigenvalue weighted by atomic mass is 10.0. The number of halogens is 3. The highest BCUT2D eigenvalue weighted by Gasteiger charge is 2.72. The van der Waals surface area contributed by atoms with Crippen LogP contribution in [0.5, 0.6) is 11.5 Å². The molecule has 0 amide bonds. The summed E-state index contributed by atoms with van der Waals surface area (Å²) in [5.41, 5.74) is 3.56. The summed E-state index contributed by atoms with van der Waals surface area (Å²) in [4.78, 5) is 0. The predicted octanol–water partition coefficient (Wildman–Crippen LogP) is 2.04. The molecular formula is C11H12F3NO2. The molecule has 0 spiro atoms. The third-order valence-corrected chi connectivity index (χ3v) is 2.97. The van der Waals surface area contributed by atoms with E-state index in [1.54, 1.807) is 0 Å². The number of benzene rings is 1. The van der Waals surface area contributed by atoms with Crippen LogP contribution < -0.4 is 15.2 Å². The van der Waals surface area contributed by atoms with Crippen LogP contribution in [0.15, 0.2) is 12.1 Å². The number of hydrogen-bond acceptors (Lipinski definition) is 3.